The molecule has 1 aliphatic rings. The van der Waals surface area contributed by atoms with E-state index in [1.807, 2.05) is 53.0 Å². The van der Waals surface area contributed by atoms with Crippen LogP contribution in [-0.2, 0) is 7.05 Å². The van der Waals surface area contributed by atoms with Crippen molar-refractivity contribution in [3.05, 3.63) is 132 Å². The van der Waals surface area contributed by atoms with Gasteiger partial charge in [-0.3, -0.25) is 9.69 Å². The first kappa shape index (κ1) is 24.9. The first-order valence-electron chi connectivity index (χ1n) is 13.5. The second kappa shape index (κ2) is 10.8. The summed E-state index contributed by atoms with van der Waals surface area (Å²) in [5.41, 5.74) is 6.93. The fraction of sp³-hybridized carbons (Fsp3) is 0.212. The van der Waals surface area contributed by atoms with Crippen molar-refractivity contribution in [2.45, 2.75) is 13.0 Å². The van der Waals surface area contributed by atoms with E-state index in [4.69, 9.17) is 5.10 Å². The van der Waals surface area contributed by atoms with Crippen LogP contribution in [-0.4, -0.2) is 56.2 Å². The molecule has 6 rings (SSSR count). The second-order valence-corrected chi connectivity index (χ2v) is 10.2. The molecule has 0 radical (unpaired) electrons. The third-order valence-corrected chi connectivity index (χ3v) is 7.58. The number of amides is 1. The molecule has 1 saturated heterocycles. The third-order valence-electron chi connectivity index (χ3n) is 7.58. The van der Waals surface area contributed by atoms with Gasteiger partial charge in [-0.1, -0.05) is 72.8 Å². The Morgan fingerprint density at radius 3 is 2.03 bits per heavy atom. The smallest absolute Gasteiger partial charge is 0.272 e. The van der Waals surface area contributed by atoms with E-state index in [0.29, 0.717) is 18.8 Å². The number of hydrogen-bond donors (Lipinski definition) is 0. The van der Waals surface area contributed by atoms with Crippen LogP contribution in [0.1, 0.15) is 33.2 Å². The molecular weight excluding hydrogens is 482 g/mol. The Labute approximate surface area is 229 Å². The van der Waals surface area contributed by atoms with Crippen molar-refractivity contribution in [1.82, 2.24) is 24.1 Å². The minimum Gasteiger partial charge on any atom is -0.349 e. The summed E-state index contributed by atoms with van der Waals surface area (Å²) in [5, 5.41) is 4.90. The van der Waals surface area contributed by atoms with Crippen LogP contribution in [0.4, 0.5) is 0 Å². The average molecular weight is 516 g/mol. The highest BCUT2D eigenvalue weighted by atomic mass is 16.2. The summed E-state index contributed by atoms with van der Waals surface area (Å²) < 4.78 is 3.84. The number of nitrogens with zero attached hydrogens (tertiary/aromatic N) is 5. The quantitative estimate of drug-likeness (QED) is 0.290. The Kier molecular flexibility index (Phi) is 6.86. The van der Waals surface area contributed by atoms with Crippen LogP contribution in [0.5, 0.6) is 0 Å². The molecule has 6 heteroatoms. The highest BCUT2D eigenvalue weighted by Gasteiger charge is 2.30. The molecule has 0 atom stereocenters. The van der Waals surface area contributed by atoms with Crippen molar-refractivity contribution in [3.63, 3.8) is 0 Å². The van der Waals surface area contributed by atoms with Crippen LogP contribution in [0.2, 0.25) is 0 Å². The van der Waals surface area contributed by atoms with Gasteiger partial charge in [0, 0.05) is 39.4 Å². The molecule has 39 heavy (non-hydrogen) atoms. The van der Waals surface area contributed by atoms with Crippen LogP contribution in [0.3, 0.4) is 0 Å². The SMILES string of the molecule is Cc1cccc(-n2nc(-c3cccn3C)cc2C(=O)N2CCN(C(c3ccccc3)c3ccccc3)CC2)c1. The summed E-state index contributed by atoms with van der Waals surface area (Å²) in [6, 6.07) is 35.6. The van der Waals surface area contributed by atoms with Crippen molar-refractivity contribution in [2.24, 2.45) is 7.05 Å². The van der Waals surface area contributed by atoms with Crippen LogP contribution in [0.25, 0.3) is 17.1 Å². The van der Waals surface area contributed by atoms with Crippen molar-refractivity contribution in [1.29, 1.82) is 0 Å². The van der Waals surface area contributed by atoms with Crippen molar-refractivity contribution >= 4 is 5.91 Å². The zero-order chi connectivity index (χ0) is 26.8. The zero-order valence-electron chi connectivity index (χ0n) is 22.4. The van der Waals surface area contributed by atoms with Crippen LogP contribution < -0.4 is 0 Å². The number of aryl methyl sites for hydroxylation is 2. The number of piperazine rings is 1. The highest BCUT2D eigenvalue weighted by molar-refractivity contribution is 5.94. The lowest BCUT2D eigenvalue weighted by Gasteiger charge is -2.39. The molecule has 1 amide bonds. The minimum atomic E-state index is 0.0140. The van der Waals surface area contributed by atoms with E-state index in [9.17, 15) is 4.79 Å². The molecule has 0 bridgehead atoms. The predicted molar refractivity (Wildman–Crippen MR) is 155 cm³/mol. The molecule has 2 aromatic heterocycles. The maximum Gasteiger partial charge on any atom is 0.272 e. The van der Waals surface area contributed by atoms with Gasteiger partial charge in [0.25, 0.3) is 5.91 Å². The normalized spacial score (nSPS) is 14.2. The molecule has 6 nitrogen and oxygen atoms in total. The number of aromatic nitrogens is 3. The summed E-state index contributed by atoms with van der Waals surface area (Å²) in [7, 11) is 2.00. The fourth-order valence-electron chi connectivity index (χ4n) is 5.57. The van der Waals surface area contributed by atoms with Gasteiger partial charge in [-0.05, 0) is 53.9 Å². The van der Waals surface area contributed by atoms with E-state index in [0.717, 1.165) is 35.7 Å². The average Bonchev–Trinajstić information content (AvgIpc) is 3.61. The summed E-state index contributed by atoms with van der Waals surface area (Å²) >= 11 is 0. The lowest BCUT2D eigenvalue weighted by Crippen LogP contribution is -2.50. The molecule has 5 aromatic rings. The van der Waals surface area contributed by atoms with Gasteiger partial charge in [0.2, 0.25) is 0 Å². The van der Waals surface area contributed by atoms with Crippen molar-refractivity contribution in [2.75, 3.05) is 26.2 Å². The van der Waals surface area contributed by atoms with E-state index in [2.05, 4.69) is 84.6 Å². The summed E-state index contributed by atoms with van der Waals surface area (Å²) in [5.74, 6) is 0.0140. The molecule has 1 aliphatic heterocycles. The molecule has 0 aliphatic carbocycles. The maximum atomic E-state index is 14.0. The van der Waals surface area contributed by atoms with Crippen molar-refractivity contribution in [3.8, 4) is 17.1 Å². The van der Waals surface area contributed by atoms with E-state index in [1.54, 1.807) is 4.68 Å². The number of carbonyl (C=O) groups is 1. The van der Waals surface area contributed by atoms with Gasteiger partial charge in [0.15, 0.2) is 0 Å². The number of carbonyl (C=O) groups excluding carboxylic acids is 1. The first-order chi connectivity index (χ1) is 19.1. The standard InChI is InChI=1S/C33H33N5O/c1-25-11-9-16-28(23-25)38-31(24-29(34-38)30-17-10-18-35(30)2)33(39)37-21-19-36(20-22-37)32(26-12-5-3-6-13-26)27-14-7-4-8-15-27/h3-18,23-24,32H,19-22H2,1-2H3. The maximum absolute atomic E-state index is 14.0. The van der Waals surface area contributed by atoms with Gasteiger partial charge in [-0.25, -0.2) is 4.68 Å². The Balaban J connectivity index is 1.28. The van der Waals surface area contributed by atoms with Gasteiger partial charge in [-0.15, -0.1) is 0 Å². The Bertz CT molecular complexity index is 1520. The third kappa shape index (κ3) is 5.03. The first-order valence-corrected chi connectivity index (χ1v) is 13.5. The molecule has 0 N–H and O–H groups in total. The van der Waals surface area contributed by atoms with Gasteiger partial charge in [0.1, 0.15) is 11.4 Å². The monoisotopic (exact) mass is 515 g/mol. The van der Waals surface area contributed by atoms with E-state index in [1.165, 1.54) is 11.1 Å². The molecule has 0 saturated carbocycles. The van der Waals surface area contributed by atoms with Crippen LogP contribution in [0, 0.1) is 6.92 Å². The summed E-state index contributed by atoms with van der Waals surface area (Å²) in [6.07, 6.45) is 2.00. The van der Waals surface area contributed by atoms with Crippen LogP contribution >= 0.6 is 0 Å². The number of benzene rings is 3. The van der Waals surface area contributed by atoms with Crippen LogP contribution in [0.15, 0.2) is 109 Å². The van der Waals surface area contributed by atoms with Gasteiger partial charge < -0.3 is 9.47 Å². The minimum absolute atomic E-state index is 0.0140. The molecule has 3 aromatic carbocycles. The molecule has 3 heterocycles. The molecule has 1 fully saturated rings. The summed E-state index contributed by atoms with van der Waals surface area (Å²) in [6.45, 7) is 4.97. The van der Waals surface area contributed by atoms with Gasteiger partial charge in [-0.2, -0.15) is 5.10 Å². The molecular formula is C33H33N5O. The topological polar surface area (TPSA) is 46.3 Å². The number of rotatable bonds is 6. The van der Waals surface area contributed by atoms with Crippen molar-refractivity contribution < 1.29 is 4.79 Å². The predicted octanol–water partition coefficient (Wildman–Crippen LogP) is 5.73. The Morgan fingerprint density at radius 1 is 0.769 bits per heavy atom. The lowest BCUT2D eigenvalue weighted by molar-refractivity contribution is 0.0588. The molecule has 0 spiro atoms. The summed E-state index contributed by atoms with van der Waals surface area (Å²) in [4.78, 5) is 18.5. The highest BCUT2D eigenvalue weighted by Crippen LogP contribution is 2.30. The number of hydrogen-bond acceptors (Lipinski definition) is 3. The van der Waals surface area contributed by atoms with E-state index >= 15 is 0 Å². The van der Waals surface area contributed by atoms with Gasteiger partial charge >= 0.3 is 0 Å². The second-order valence-electron chi connectivity index (χ2n) is 10.2. The molecule has 0 unspecified atom stereocenters. The molecule has 196 valence electrons. The lowest BCUT2D eigenvalue weighted by atomic mass is 9.96. The fourth-order valence-corrected chi connectivity index (χ4v) is 5.57. The van der Waals surface area contributed by atoms with E-state index in [-0.39, 0.29) is 11.9 Å². The van der Waals surface area contributed by atoms with Gasteiger partial charge in [0.05, 0.1) is 17.4 Å². The van der Waals surface area contributed by atoms with E-state index < -0.39 is 0 Å². The Hall–Kier alpha value is -4.42. The zero-order valence-corrected chi connectivity index (χ0v) is 22.4. The Morgan fingerprint density at radius 2 is 1.44 bits per heavy atom. The largest absolute Gasteiger partial charge is 0.349 e.